The molecule has 0 saturated carbocycles. The molecule has 0 amide bonds. The van der Waals surface area contributed by atoms with E-state index in [2.05, 4.69) is 22.5 Å². The van der Waals surface area contributed by atoms with Crippen LogP contribution in [0.3, 0.4) is 0 Å². The molecule has 16 heavy (non-hydrogen) atoms. The molecular weight excluding hydrogens is 198 g/mol. The summed E-state index contributed by atoms with van der Waals surface area (Å²) in [5.74, 6) is 5.58. The van der Waals surface area contributed by atoms with Crippen LogP contribution in [-0.2, 0) is 6.42 Å². The summed E-state index contributed by atoms with van der Waals surface area (Å²) >= 11 is 0. The highest BCUT2D eigenvalue weighted by atomic mass is 15.2. The molecule has 1 unspecified atom stereocenters. The Labute approximate surface area is 95.3 Å². The van der Waals surface area contributed by atoms with Crippen LogP contribution >= 0.6 is 0 Å². The summed E-state index contributed by atoms with van der Waals surface area (Å²) in [6.45, 7) is 0. The Morgan fingerprint density at radius 3 is 2.38 bits per heavy atom. The standard InChI is InChI=1S/C13H15N3/c14-16-13(12-6-8-15-9-7-12)10-11-4-2-1-3-5-11/h1-9,13,16H,10,14H2. The van der Waals surface area contributed by atoms with Gasteiger partial charge in [0.1, 0.15) is 0 Å². The zero-order valence-electron chi connectivity index (χ0n) is 9.01. The SMILES string of the molecule is NNC(Cc1ccccc1)c1ccncc1. The van der Waals surface area contributed by atoms with Crippen molar-refractivity contribution in [2.45, 2.75) is 12.5 Å². The van der Waals surface area contributed by atoms with Gasteiger partial charge in [-0.2, -0.15) is 0 Å². The Kier molecular flexibility index (Phi) is 3.64. The van der Waals surface area contributed by atoms with Crippen molar-refractivity contribution in [2.24, 2.45) is 5.84 Å². The van der Waals surface area contributed by atoms with Gasteiger partial charge < -0.3 is 0 Å². The minimum absolute atomic E-state index is 0.130. The van der Waals surface area contributed by atoms with Crippen LogP contribution in [0, 0.1) is 0 Å². The molecule has 0 aliphatic heterocycles. The lowest BCUT2D eigenvalue weighted by molar-refractivity contribution is 0.551. The number of benzene rings is 1. The first kappa shape index (κ1) is 10.8. The Morgan fingerprint density at radius 2 is 1.75 bits per heavy atom. The Bertz CT molecular complexity index is 414. The summed E-state index contributed by atoms with van der Waals surface area (Å²) in [6, 6.07) is 14.4. The third-order valence-corrected chi connectivity index (χ3v) is 2.59. The molecule has 2 rings (SSSR count). The summed E-state index contributed by atoms with van der Waals surface area (Å²) in [5.41, 5.74) is 5.26. The van der Waals surface area contributed by atoms with Crippen LogP contribution in [-0.4, -0.2) is 4.98 Å². The highest BCUT2D eigenvalue weighted by Crippen LogP contribution is 2.16. The molecule has 0 aliphatic carbocycles. The minimum atomic E-state index is 0.130. The highest BCUT2D eigenvalue weighted by Gasteiger charge is 2.09. The van der Waals surface area contributed by atoms with E-state index in [1.54, 1.807) is 12.4 Å². The van der Waals surface area contributed by atoms with Gasteiger partial charge in [0.05, 0.1) is 6.04 Å². The van der Waals surface area contributed by atoms with Crippen molar-refractivity contribution in [3.8, 4) is 0 Å². The van der Waals surface area contributed by atoms with Gasteiger partial charge in [-0.3, -0.25) is 16.3 Å². The number of nitrogens with one attached hydrogen (secondary N) is 1. The van der Waals surface area contributed by atoms with E-state index >= 15 is 0 Å². The van der Waals surface area contributed by atoms with Crippen LogP contribution in [0.5, 0.6) is 0 Å². The molecule has 0 spiro atoms. The van der Waals surface area contributed by atoms with Crippen molar-refractivity contribution in [3.05, 3.63) is 66.0 Å². The van der Waals surface area contributed by atoms with Crippen LogP contribution in [0.25, 0.3) is 0 Å². The minimum Gasteiger partial charge on any atom is -0.271 e. The Morgan fingerprint density at radius 1 is 1.06 bits per heavy atom. The predicted molar refractivity (Wildman–Crippen MR) is 64.4 cm³/mol. The first-order chi connectivity index (χ1) is 7.90. The Balaban J connectivity index is 2.13. The van der Waals surface area contributed by atoms with Crippen LogP contribution in [0.4, 0.5) is 0 Å². The van der Waals surface area contributed by atoms with E-state index in [0.717, 1.165) is 12.0 Å². The molecule has 0 bridgehead atoms. The summed E-state index contributed by atoms with van der Waals surface area (Å²) in [4.78, 5) is 4.00. The molecule has 0 radical (unpaired) electrons. The van der Waals surface area contributed by atoms with Gasteiger partial charge in [0, 0.05) is 12.4 Å². The molecule has 1 aromatic carbocycles. The third-order valence-electron chi connectivity index (χ3n) is 2.59. The molecule has 0 aliphatic rings. The van der Waals surface area contributed by atoms with Crippen molar-refractivity contribution >= 4 is 0 Å². The summed E-state index contributed by atoms with van der Waals surface area (Å²) in [6.07, 6.45) is 4.44. The number of aromatic nitrogens is 1. The second kappa shape index (κ2) is 5.39. The number of nitrogens with two attached hydrogens (primary N) is 1. The summed E-state index contributed by atoms with van der Waals surface area (Å²) in [7, 11) is 0. The smallest absolute Gasteiger partial charge is 0.0501 e. The van der Waals surface area contributed by atoms with E-state index in [1.807, 2.05) is 30.3 Å². The van der Waals surface area contributed by atoms with Crippen LogP contribution in [0.1, 0.15) is 17.2 Å². The fraction of sp³-hybridized carbons (Fsp3) is 0.154. The van der Waals surface area contributed by atoms with Gasteiger partial charge in [0.2, 0.25) is 0 Å². The highest BCUT2D eigenvalue weighted by molar-refractivity contribution is 5.21. The van der Waals surface area contributed by atoms with Crippen molar-refractivity contribution < 1.29 is 0 Å². The summed E-state index contributed by atoms with van der Waals surface area (Å²) in [5, 5.41) is 0. The fourth-order valence-electron chi connectivity index (χ4n) is 1.72. The molecule has 1 aromatic heterocycles. The molecule has 1 heterocycles. The first-order valence-electron chi connectivity index (χ1n) is 5.30. The van der Waals surface area contributed by atoms with Gasteiger partial charge in [-0.25, -0.2) is 0 Å². The number of rotatable bonds is 4. The summed E-state index contributed by atoms with van der Waals surface area (Å²) < 4.78 is 0. The zero-order valence-corrected chi connectivity index (χ0v) is 9.01. The maximum absolute atomic E-state index is 5.58. The predicted octanol–water partition coefficient (Wildman–Crippen LogP) is 1.83. The maximum atomic E-state index is 5.58. The van der Waals surface area contributed by atoms with Crippen molar-refractivity contribution in [1.29, 1.82) is 0 Å². The number of nitrogens with zero attached hydrogens (tertiary/aromatic N) is 1. The number of hydrogen-bond donors (Lipinski definition) is 2. The molecular formula is C13H15N3. The van der Waals surface area contributed by atoms with Gasteiger partial charge in [-0.1, -0.05) is 30.3 Å². The molecule has 82 valence electrons. The lowest BCUT2D eigenvalue weighted by atomic mass is 10.0. The second-order valence-corrected chi connectivity index (χ2v) is 3.69. The topological polar surface area (TPSA) is 50.9 Å². The van der Waals surface area contributed by atoms with Gasteiger partial charge >= 0.3 is 0 Å². The van der Waals surface area contributed by atoms with Crippen LogP contribution in [0.2, 0.25) is 0 Å². The van der Waals surface area contributed by atoms with Crippen LogP contribution in [0.15, 0.2) is 54.9 Å². The maximum Gasteiger partial charge on any atom is 0.0501 e. The average Bonchev–Trinajstić information content (AvgIpc) is 2.38. The largest absolute Gasteiger partial charge is 0.271 e. The molecule has 3 heteroatoms. The van der Waals surface area contributed by atoms with Crippen LogP contribution < -0.4 is 11.3 Å². The van der Waals surface area contributed by atoms with E-state index in [9.17, 15) is 0 Å². The second-order valence-electron chi connectivity index (χ2n) is 3.69. The average molecular weight is 213 g/mol. The van der Waals surface area contributed by atoms with Gasteiger partial charge in [-0.15, -0.1) is 0 Å². The van der Waals surface area contributed by atoms with Gasteiger partial charge in [0.15, 0.2) is 0 Å². The van der Waals surface area contributed by atoms with E-state index in [4.69, 9.17) is 5.84 Å². The van der Waals surface area contributed by atoms with E-state index in [-0.39, 0.29) is 6.04 Å². The molecule has 3 N–H and O–H groups in total. The first-order valence-corrected chi connectivity index (χ1v) is 5.30. The van der Waals surface area contributed by atoms with Crippen molar-refractivity contribution in [1.82, 2.24) is 10.4 Å². The number of hydrogen-bond acceptors (Lipinski definition) is 3. The third kappa shape index (κ3) is 2.66. The number of hydrazine groups is 1. The molecule has 2 aromatic rings. The van der Waals surface area contributed by atoms with Gasteiger partial charge in [0.25, 0.3) is 0 Å². The van der Waals surface area contributed by atoms with Crippen molar-refractivity contribution in [3.63, 3.8) is 0 Å². The Hall–Kier alpha value is -1.71. The van der Waals surface area contributed by atoms with E-state index in [1.165, 1.54) is 5.56 Å². The number of pyridine rings is 1. The lowest BCUT2D eigenvalue weighted by Gasteiger charge is -2.15. The molecule has 1 atom stereocenters. The van der Waals surface area contributed by atoms with E-state index < -0.39 is 0 Å². The zero-order chi connectivity index (χ0) is 11.2. The normalized spacial score (nSPS) is 12.3. The monoisotopic (exact) mass is 213 g/mol. The molecule has 0 saturated heterocycles. The fourth-order valence-corrected chi connectivity index (χ4v) is 1.72. The molecule has 0 fully saturated rings. The molecule has 3 nitrogen and oxygen atoms in total. The lowest BCUT2D eigenvalue weighted by Crippen LogP contribution is -2.29. The quantitative estimate of drug-likeness (QED) is 0.601. The van der Waals surface area contributed by atoms with E-state index in [0.29, 0.717) is 0 Å². The van der Waals surface area contributed by atoms with Crippen molar-refractivity contribution in [2.75, 3.05) is 0 Å². The van der Waals surface area contributed by atoms with Gasteiger partial charge in [-0.05, 0) is 29.7 Å².